The van der Waals surface area contributed by atoms with E-state index in [0.29, 0.717) is 39.0 Å². The highest BCUT2D eigenvalue weighted by Crippen LogP contribution is 2.26. The van der Waals surface area contributed by atoms with Gasteiger partial charge in [-0.3, -0.25) is 14.6 Å². The molecular weight excluding hydrogens is 338 g/mol. The molecule has 0 aliphatic carbocycles. The minimum Gasteiger partial charge on any atom is -0.339 e. The highest BCUT2D eigenvalue weighted by molar-refractivity contribution is 5.87. The fourth-order valence-electron chi connectivity index (χ4n) is 3.49. The van der Waals surface area contributed by atoms with Gasteiger partial charge < -0.3 is 9.80 Å². The predicted molar refractivity (Wildman–Crippen MR) is 105 cm³/mol. The number of hydrogen-bond donors (Lipinski definition) is 0. The standard InChI is InChI=1S/C22H27N3O2/c1-22(2,19-8-4-3-5-9-19)21(27)25-15-13-24(14-16-25)20(26)11-10-18-7-6-12-23-17-18/h3-9,12,17H,10-11,13-16H2,1-2H3. The number of rotatable bonds is 5. The Morgan fingerprint density at radius 2 is 1.63 bits per heavy atom. The molecule has 1 aliphatic heterocycles. The highest BCUT2D eigenvalue weighted by Gasteiger charge is 2.35. The van der Waals surface area contributed by atoms with E-state index in [0.717, 1.165) is 11.1 Å². The van der Waals surface area contributed by atoms with E-state index in [2.05, 4.69) is 4.98 Å². The molecule has 0 unspecified atom stereocenters. The lowest BCUT2D eigenvalue weighted by atomic mass is 9.83. The molecule has 2 amide bonds. The van der Waals surface area contributed by atoms with Crippen molar-refractivity contribution in [1.29, 1.82) is 0 Å². The summed E-state index contributed by atoms with van der Waals surface area (Å²) >= 11 is 0. The summed E-state index contributed by atoms with van der Waals surface area (Å²) in [5, 5.41) is 0. The summed E-state index contributed by atoms with van der Waals surface area (Å²) < 4.78 is 0. The van der Waals surface area contributed by atoms with Crippen LogP contribution in [-0.2, 0) is 21.4 Å². The summed E-state index contributed by atoms with van der Waals surface area (Å²) in [6.07, 6.45) is 4.72. The molecule has 27 heavy (non-hydrogen) atoms. The summed E-state index contributed by atoms with van der Waals surface area (Å²) in [7, 11) is 0. The molecule has 1 aromatic heterocycles. The maximum atomic E-state index is 13.0. The molecule has 1 aliphatic rings. The SMILES string of the molecule is CC(C)(C(=O)N1CCN(C(=O)CCc2cccnc2)CC1)c1ccccc1. The molecule has 142 valence electrons. The second-order valence-corrected chi connectivity index (χ2v) is 7.53. The van der Waals surface area contributed by atoms with Gasteiger partial charge in [0.05, 0.1) is 5.41 Å². The molecule has 5 heteroatoms. The molecule has 0 bridgehead atoms. The van der Waals surface area contributed by atoms with Gasteiger partial charge in [-0.05, 0) is 37.5 Å². The largest absolute Gasteiger partial charge is 0.339 e. The van der Waals surface area contributed by atoms with Gasteiger partial charge in [-0.1, -0.05) is 36.4 Å². The minimum atomic E-state index is -0.562. The lowest BCUT2D eigenvalue weighted by molar-refractivity contribution is -0.142. The van der Waals surface area contributed by atoms with Crippen LogP contribution in [0.25, 0.3) is 0 Å². The minimum absolute atomic E-state index is 0.121. The number of pyridine rings is 1. The van der Waals surface area contributed by atoms with Crippen molar-refractivity contribution in [2.24, 2.45) is 0 Å². The molecule has 5 nitrogen and oxygen atoms in total. The Labute approximate surface area is 161 Å². The van der Waals surface area contributed by atoms with Crippen molar-refractivity contribution in [2.75, 3.05) is 26.2 Å². The van der Waals surface area contributed by atoms with Crippen molar-refractivity contribution < 1.29 is 9.59 Å². The normalized spacial score (nSPS) is 14.9. The van der Waals surface area contributed by atoms with Gasteiger partial charge in [0, 0.05) is 45.0 Å². The van der Waals surface area contributed by atoms with Crippen molar-refractivity contribution in [1.82, 2.24) is 14.8 Å². The molecule has 0 spiro atoms. The van der Waals surface area contributed by atoms with E-state index in [1.54, 1.807) is 12.4 Å². The smallest absolute Gasteiger partial charge is 0.232 e. The zero-order valence-corrected chi connectivity index (χ0v) is 16.1. The van der Waals surface area contributed by atoms with Crippen molar-refractivity contribution >= 4 is 11.8 Å². The first-order valence-electron chi connectivity index (χ1n) is 9.50. The van der Waals surface area contributed by atoms with Crippen LogP contribution in [-0.4, -0.2) is 52.8 Å². The van der Waals surface area contributed by atoms with Crippen LogP contribution < -0.4 is 0 Å². The van der Waals surface area contributed by atoms with E-state index in [4.69, 9.17) is 0 Å². The Morgan fingerprint density at radius 3 is 2.26 bits per heavy atom. The third-order valence-corrected chi connectivity index (χ3v) is 5.30. The lowest BCUT2D eigenvalue weighted by Gasteiger charge is -2.39. The molecule has 2 aromatic rings. The number of carbonyl (C=O) groups excluding carboxylic acids is 2. The highest BCUT2D eigenvalue weighted by atomic mass is 16.2. The van der Waals surface area contributed by atoms with Crippen molar-refractivity contribution in [3.8, 4) is 0 Å². The third-order valence-electron chi connectivity index (χ3n) is 5.30. The first-order valence-corrected chi connectivity index (χ1v) is 9.50. The predicted octanol–water partition coefficient (Wildman–Crippen LogP) is 2.66. The second kappa shape index (κ2) is 8.33. The fourth-order valence-corrected chi connectivity index (χ4v) is 3.49. The summed E-state index contributed by atoms with van der Waals surface area (Å²) in [6.45, 7) is 6.32. The van der Waals surface area contributed by atoms with Crippen molar-refractivity contribution in [2.45, 2.75) is 32.1 Å². The zero-order chi connectivity index (χ0) is 19.3. The van der Waals surface area contributed by atoms with Crippen LogP contribution in [0.4, 0.5) is 0 Å². The first-order chi connectivity index (χ1) is 13.0. The zero-order valence-electron chi connectivity index (χ0n) is 16.1. The Hall–Kier alpha value is -2.69. The Balaban J connectivity index is 1.52. The average Bonchev–Trinajstić information content (AvgIpc) is 2.73. The summed E-state index contributed by atoms with van der Waals surface area (Å²) in [5.74, 6) is 0.268. The lowest BCUT2D eigenvalue weighted by Crippen LogP contribution is -2.54. The molecule has 1 aromatic carbocycles. The maximum Gasteiger partial charge on any atom is 0.232 e. The Bertz CT molecular complexity index is 767. The van der Waals surface area contributed by atoms with Crippen LogP contribution in [0, 0.1) is 0 Å². The molecule has 0 radical (unpaired) electrons. The summed E-state index contributed by atoms with van der Waals surface area (Å²) in [5.41, 5.74) is 1.53. The topological polar surface area (TPSA) is 53.5 Å². The summed E-state index contributed by atoms with van der Waals surface area (Å²) in [6, 6.07) is 13.7. The molecule has 1 fully saturated rings. The van der Waals surface area contributed by atoms with Gasteiger partial charge in [-0.25, -0.2) is 0 Å². The first kappa shape index (κ1) is 19.1. The maximum absolute atomic E-state index is 13.0. The van der Waals surface area contributed by atoms with Crippen LogP contribution in [0.5, 0.6) is 0 Å². The van der Waals surface area contributed by atoms with Gasteiger partial charge in [-0.2, -0.15) is 0 Å². The van der Waals surface area contributed by atoms with Crippen molar-refractivity contribution in [3.05, 3.63) is 66.0 Å². The molecule has 0 N–H and O–H groups in total. The van der Waals surface area contributed by atoms with Crippen LogP contribution in [0.2, 0.25) is 0 Å². The van der Waals surface area contributed by atoms with Crippen molar-refractivity contribution in [3.63, 3.8) is 0 Å². The monoisotopic (exact) mass is 365 g/mol. The van der Waals surface area contributed by atoms with E-state index < -0.39 is 5.41 Å². The average molecular weight is 365 g/mol. The number of benzene rings is 1. The number of nitrogens with zero attached hydrogens (tertiary/aromatic N) is 3. The number of aromatic nitrogens is 1. The number of amides is 2. The Kier molecular flexibility index (Phi) is 5.89. The van der Waals surface area contributed by atoms with Crippen LogP contribution >= 0.6 is 0 Å². The molecule has 3 rings (SSSR count). The van der Waals surface area contributed by atoms with Gasteiger partial charge in [-0.15, -0.1) is 0 Å². The van der Waals surface area contributed by atoms with E-state index in [-0.39, 0.29) is 11.8 Å². The van der Waals surface area contributed by atoms with Gasteiger partial charge in [0.25, 0.3) is 0 Å². The van der Waals surface area contributed by atoms with E-state index in [9.17, 15) is 9.59 Å². The Morgan fingerprint density at radius 1 is 0.963 bits per heavy atom. The van der Waals surface area contributed by atoms with E-state index in [1.807, 2.05) is 66.1 Å². The van der Waals surface area contributed by atoms with Gasteiger partial charge in [0.1, 0.15) is 0 Å². The van der Waals surface area contributed by atoms with Gasteiger partial charge in [0.15, 0.2) is 0 Å². The van der Waals surface area contributed by atoms with E-state index in [1.165, 1.54) is 0 Å². The fraction of sp³-hybridized carbons (Fsp3) is 0.409. The number of carbonyl (C=O) groups is 2. The van der Waals surface area contributed by atoms with E-state index >= 15 is 0 Å². The number of hydrogen-bond acceptors (Lipinski definition) is 3. The second-order valence-electron chi connectivity index (χ2n) is 7.53. The van der Waals surface area contributed by atoms with Crippen LogP contribution in [0.1, 0.15) is 31.4 Å². The summed E-state index contributed by atoms with van der Waals surface area (Å²) in [4.78, 5) is 33.3. The quantitative estimate of drug-likeness (QED) is 0.819. The molecule has 1 saturated heterocycles. The molecule has 0 saturated carbocycles. The number of aryl methyl sites for hydroxylation is 1. The molecule has 2 heterocycles. The van der Waals surface area contributed by atoms with Crippen LogP contribution in [0.3, 0.4) is 0 Å². The van der Waals surface area contributed by atoms with Gasteiger partial charge >= 0.3 is 0 Å². The third kappa shape index (κ3) is 4.54. The molecular formula is C22H27N3O2. The molecule has 0 atom stereocenters. The van der Waals surface area contributed by atoms with Crippen LogP contribution in [0.15, 0.2) is 54.9 Å². The number of piperazine rings is 1. The van der Waals surface area contributed by atoms with Gasteiger partial charge in [0.2, 0.25) is 11.8 Å².